The smallest absolute Gasteiger partial charge is 0.306 e. The number of nitrogens with one attached hydrogen (secondary N) is 2. The van der Waals surface area contributed by atoms with Crippen LogP contribution in [0.25, 0.3) is 0 Å². The molecule has 1 aromatic carbocycles. The third-order valence-electron chi connectivity index (χ3n) is 2.45. The Morgan fingerprint density at radius 1 is 1.44 bits per heavy atom. The highest BCUT2D eigenvalue weighted by Crippen LogP contribution is 2.14. The number of para-hydroxylation sites is 1. The van der Waals surface area contributed by atoms with E-state index in [1.165, 1.54) is 0 Å². The molecule has 0 unspecified atom stereocenters. The molecule has 1 saturated heterocycles. The molecule has 5 nitrogen and oxygen atoms in total. The predicted octanol–water partition coefficient (Wildman–Crippen LogP) is 1.26. The Balaban J connectivity index is 2.08. The molecule has 3 amide bonds. The summed E-state index contributed by atoms with van der Waals surface area (Å²) >= 11 is 0. The summed E-state index contributed by atoms with van der Waals surface area (Å²) in [6.07, 6.45) is 0.362. The maximum Gasteiger partial charge on any atom is 0.343 e. The number of carbonyl (C=O) groups excluding carboxylic acids is 2. The van der Waals surface area contributed by atoms with Crippen molar-refractivity contribution in [2.24, 2.45) is 0 Å². The van der Waals surface area contributed by atoms with Crippen LogP contribution in [-0.4, -0.2) is 23.5 Å². The zero-order valence-corrected chi connectivity index (χ0v) is 8.99. The Hall–Kier alpha value is -1.88. The minimum atomic E-state index is -0.434. The Morgan fingerprint density at radius 2 is 2.19 bits per heavy atom. The summed E-state index contributed by atoms with van der Waals surface area (Å²) in [7, 11) is 0. The average molecular weight is 219 g/mol. The van der Waals surface area contributed by atoms with Crippen molar-refractivity contribution in [2.75, 3.05) is 11.9 Å². The number of carbonyl (C=O) groups is 2. The minimum absolute atomic E-state index is 0.203. The largest absolute Gasteiger partial charge is 0.343 e. The van der Waals surface area contributed by atoms with E-state index in [-0.39, 0.29) is 5.91 Å². The lowest BCUT2D eigenvalue weighted by molar-refractivity contribution is -0.126. The normalized spacial score (nSPS) is 15.3. The van der Waals surface area contributed by atoms with Crippen LogP contribution in [0, 0.1) is 6.92 Å². The molecule has 84 valence electrons. The molecule has 0 bridgehead atoms. The molecule has 1 heterocycles. The first kappa shape index (κ1) is 10.6. The molecule has 0 radical (unpaired) electrons. The Bertz CT molecular complexity index is 431. The van der Waals surface area contributed by atoms with Gasteiger partial charge >= 0.3 is 6.03 Å². The van der Waals surface area contributed by atoms with Crippen molar-refractivity contribution >= 4 is 17.6 Å². The van der Waals surface area contributed by atoms with E-state index in [0.29, 0.717) is 18.7 Å². The quantitative estimate of drug-likeness (QED) is 0.747. The van der Waals surface area contributed by atoms with Gasteiger partial charge in [0.25, 0.3) is 0 Å². The maximum absolute atomic E-state index is 11.7. The first-order valence-corrected chi connectivity index (χ1v) is 5.11. The molecule has 2 rings (SSSR count). The molecular weight excluding hydrogens is 206 g/mol. The van der Waals surface area contributed by atoms with Crippen molar-refractivity contribution < 1.29 is 9.59 Å². The number of rotatable bonds is 1. The van der Waals surface area contributed by atoms with Gasteiger partial charge in [0, 0.05) is 18.7 Å². The summed E-state index contributed by atoms with van der Waals surface area (Å²) < 4.78 is 0. The minimum Gasteiger partial charge on any atom is -0.306 e. The fourth-order valence-electron chi connectivity index (χ4n) is 1.54. The van der Waals surface area contributed by atoms with Crippen LogP contribution in [0.2, 0.25) is 0 Å². The SMILES string of the molecule is Cc1ccccc1NC(=O)N1NCCC1=O. The highest BCUT2D eigenvalue weighted by atomic mass is 16.2. The number of imide groups is 1. The van der Waals surface area contributed by atoms with Gasteiger partial charge in [0.05, 0.1) is 0 Å². The molecule has 1 aromatic rings. The standard InChI is InChI=1S/C11H13N3O2/c1-8-4-2-3-5-9(8)13-11(16)14-10(15)6-7-12-14/h2-5,12H,6-7H2,1H3,(H,13,16). The number of hydrazine groups is 1. The molecule has 0 atom stereocenters. The van der Waals surface area contributed by atoms with Crippen LogP contribution in [0.15, 0.2) is 24.3 Å². The Labute approximate surface area is 93.4 Å². The van der Waals surface area contributed by atoms with Crippen molar-refractivity contribution in [2.45, 2.75) is 13.3 Å². The van der Waals surface area contributed by atoms with Crippen molar-refractivity contribution in [1.29, 1.82) is 0 Å². The number of aryl methyl sites for hydroxylation is 1. The number of urea groups is 1. The fraction of sp³-hybridized carbons (Fsp3) is 0.273. The van der Waals surface area contributed by atoms with Crippen LogP contribution in [0.5, 0.6) is 0 Å². The molecule has 0 spiro atoms. The van der Waals surface area contributed by atoms with E-state index >= 15 is 0 Å². The summed E-state index contributed by atoms with van der Waals surface area (Å²) in [6.45, 7) is 2.41. The zero-order chi connectivity index (χ0) is 11.5. The number of amides is 3. The lowest BCUT2D eigenvalue weighted by Crippen LogP contribution is -2.42. The molecule has 0 aliphatic carbocycles. The van der Waals surface area contributed by atoms with E-state index in [9.17, 15) is 9.59 Å². The highest BCUT2D eigenvalue weighted by molar-refractivity contribution is 6.01. The third-order valence-corrected chi connectivity index (χ3v) is 2.45. The van der Waals surface area contributed by atoms with Crippen LogP contribution >= 0.6 is 0 Å². The lowest BCUT2D eigenvalue weighted by Gasteiger charge is -2.15. The summed E-state index contributed by atoms with van der Waals surface area (Å²) in [5, 5.41) is 3.71. The number of nitrogens with zero attached hydrogens (tertiary/aromatic N) is 1. The molecule has 5 heteroatoms. The van der Waals surface area contributed by atoms with Crippen LogP contribution in [-0.2, 0) is 4.79 Å². The van der Waals surface area contributed by atoms with Crippen molar-refractivity contribution in [1.82, 2.24) is 10.4 Å². The summed E-state index contributed by atoms with van der Waals surface area (Å²) in [5.74, 6) is -0.203. The van der Waals surface area contributed by atoms with Gasteiger partial charge < -0.3 is 5.32 Å². The van der Waals surface area contributed by atoms with Crippen molar-refractivity contribution in [3.63, 3.8) is 0 Å². The predicted molar refractivity (Wildman–Crippen MR) is 59.7 cm³/mol. The van der Waals surface area contributed by atoms with Crippen LogP contribution < -0.4 is 10.7 Å². The van der Waals surface area contributed by atoms with Gasteiger partial charge in [-0.3, -0.25) is 4.79 Å². The molecule has 0 saturated carbocycles. The van der Waals surface area contributed by atoms with Crippen molar-refractivity contribution in [3.8, 4) is 0 Å². The monoisotopic (exact) mass is 219 g/mol. The van der Waals surface area contributed by atoms with Crippen molar-refractivity contribution in [3.05, 3.63) is 29.8 Å². The van der Waals surface area contributed by atoms with E-state index in [4.69, 9.17) is 0 Å². The second kappa shape index (κ2) is 4.32. The molecule has 0 aromatic heterocycles. The molecular formula is C11H13N3O2. The average Bonchev–Trinajstić information content (AvgIpc) is 2.68. The molecule has 2 N–H and O–H groups in total. The number of benzene rings is 1. The van der Waals surface area contributed by atoms with Gasteiger partial charge in [-0.25, -0.2) is 10.2 Å². The van der Waals surface area contributed by atoms with Crippen LogP contribution in [0.4, 0.5) is 10.5 Å². The zero-order valence-electron chi connectivity index (χ0n) is 8.99. The first-order chi connectivity index (χ1) is 7.68. The van der Waals surface area contributed by atoms with Crippen LogP contribution in [0.1, 0.15) is 12.0 Å². The molecule has 1 aliphatic heterocycles. The topological polar surface area (TPSA) is 61.4 Å². The second-order valence-corrected chi connectivity index (χ2v) is 3.63. The Kier molecular flexibility index (Phi) is 2.87. The Morgan fingerprint density at radius 3 is 2.81 bits per heavy atom. The molecule has 16 heavy (non-hydrogen) atoms. The summed E-state index contributed by atoms with van der Waals surface area (Å²) in [5.41, 5.74) is 4.39. The van der Waals surface area contributed by atoms with E-state index in [1.807, 2.05) is 25.1 Å². The van der Waals surface area contributed by atoms with Gasteiger partial charge in [-0.05, 0) is 18.6 Å². The highest BCUT2D eigenvalue weighted by Gasteiger charge is 2.26. The third kappa shape index (κ3) is 2.04. The number of hydrogen-bond acceptors (Lipinski definition) is 3. The van der Waals surface area contributed by atoms with Crippen LogP contribution in [0.3, 0.4) is 0 Å². The molecule has 1 aliphatic rings. The second-order valence-electron chi connectivity index (χ2n) is 3.63. The summed E-state index contributed by atoms with van der Waals surface area (Å²) in [4.78, 5) is 23.0. The first-order valence-electron chi connectivity index (χ1n) is 5.11. The summed E-state index contributed by atoms with van der Waals surface area (Å²) in [6, 6.07) is 6.99. The van der Waals surface area contributed by atoms with Gasteiger partial charge in [0.2, 0.25) is 5.91 Å². The van der Waals surface area contributed by atoms with E-state index in [2.05, 4.69) is 10.7 Å². The van der Waals surface area contributed by atoms with Gasteiger partial charge in [-0.2, -0.15) is 5.01 Å². The van der Waals surface area contributed by atoms with Gasteiger partial charge in [0.15, 0.2) is 0 Å². The van der Waals surface area contributed by atoms with Gasteiger partial charge in [0.1, 0.15) is 0 Å². The van der Waals surface area contributed by atoms with E-state index < -0.39 is 6.03 Å². The lowest BCUT2D eigenvalue weighted by atomic mass is 10.2. The van der Waals surface area contributed by atoms with E-state index in [1.54, 1.807) is 6.07 Å². The van der Waals surface area contributed by atoms with Gasteiger partial charge in [-0.1, -0.05) is 18.2 Å². The fourth-order valence-corrected chi connectivity index (χ4v) is 1.54. The maximum atomic E-state index is 11.7. The molecule has 1 fully saturated rings. The van der Waals surface area contributed by atoms with E-state index in [0.717, 1.165) is 10.6 Å². The number of anilines is 1. The van der Waals surface area contributed by atoms with Gasteiger partial charge in [-0.15, -0.1) is 0 Å². The number of hydrogen-bond donors (Lipinski definition) is 2.